The average molecular weight is 232 g/mol. The predicted molar refractivity (Wildman–Crippen MR) is 69.0 cm³/mol. The summed E-state index contributed by atoms with van der Waals surface area (Å²) in [6, 6.07) is 5.54. The van der Waals surface area contributed by atoms with Crippen LogP contribution in [-0.2, 0) is 4.79 Å². The lowest BCUT2D eigenvalue weighted by atomic mass is 10.1. The van der Waals surface area contributed by atoms with Gasteiger partial charge >= 0.3 is 5.97 Å². The van der Waals surface area contributed by atoms with Crippen LogP contribution in [0.2, 0.25) is 0 Å². The van der Waals surface area contributed by atoms with E-state index < -0.39 is 5.97 Å². The highest BCUT2D eigenvalue weighted by molar-refractivity contribution is 5.85. The first-order valence-electron chi connectivity index (χ1n) is 5.43. The predicted octanol–water partition coefficient (Wildman–Crippen LogP) is 3.22. The van der Waals surface area contributed by atoms with Crippen molar-refractivity contribution in [2.24, 2.45) is 0 Å². The van der Waals surface area contributed by atoms with E-state index in [1.54, 1.807) is 13.2 Å². The highest BCUT2D eigenvalue weighted by Gasteiger charge is 2.00. The van der Waals surface area contributed by atoms with Crippen LogP contribution in [0, 0.1) is 0 Å². The molecule has 1 aromatic rings. The zero-order valence-corrected chi connectivity index (χ0v) is 10.0. The van der Waals surface area contributed by atoms with E-state index in [-0.39, 0.29) is 0 Å². The monoisotopic (exact) mass is 232 g/mol. The minimum Gasteiger partial charge on any atom is -0.496 e. The highest BCUT2D eigenvalue weighted by Crippen LogP contribution is 2.22. The molecule has 17 heavy (non-hydrogen) atoms. The van der Waals surface area contributed by atoms with E-state index in [9.17, 15) is 4.79 Å². The van der Waals surface area contributed by atoms with Gasteiger partial charge in [0.05, 0.1) is 7.11 Å². The van der Waals surface area contributed by atoms with Crippen LogP contribution in [0.1, 0.15) is 24.5 Å². The molecular formula is C14H16O3. The summed E-state index contributed by atoms with van der Waals surface area (Å²) >= 11 is 0. The molecule has 0 aromatic heterocycles. The van der Waals surface area contributed by atoms with Gasteiger partial charge in [-0.15, -0.1) is 0 Å². The van der Waals surface area contributed by atoms with Crippen molar-refractivity contribution in [1.82, 2.24) is 0 Å². The van der Waals surface area contributed by atoms with Crippen molar-refractivity contribution in [3.63, 3.8) is 0 Å². The summed E-state index contributed by atoms with van der Waals surface area (Å²) in [4.78, 5) is 10.4. The Balaban J connectivity index is 3.04. The van der Waals surface area contributed by atoms with Crippen LogP contribution in [0.25, 0.3) is 12.2 Å². The van der Waals surface area contributed by atoms with E-state index >= 15 is 0 Å². The Morgan fingerprint density at radius 2 is 2.18 bits per heavy atom. The smallest absolute Gasteiger partial charge is 0.328 e. The van der Waals surface area contributed by atoms with Crippen LogP contribution in [0.3, 0.4) is 0 Å². The zero-order chi connectivity index (χ0) is 12.7. The Kier molecular flexibility index (Phi) is 5.01. The number of carbonyl (C=O) groups is 1. The third-order valence-corrected chi connectivity index (χ3v) is 2.21. The molecule has 1 N–H and O–H groups in total. The molecular weight excluding hydrogens is 216 g/mol. The van der Waals surface area contributed by atoms with Crippen molar-refractivity contribution in [2.45, 2.75) is 13.3 Å². The van der Waals surface area contributed by atoms with Crippen LogP contribution < -0.4 is 4.74 Å². The quantitative estimate of drug-likeness (QED) is 0.793. The van der Waals surface area contributed by atoms with Crippen molar-refractivity contribution < 1.29 is 14.6 Å². The first kappa shape index (κ1) is 13.0. The molecule has 0 spiro atoms. The molecule has 0 saturated carbocycles. The maximum absolute atomic E-state index is 10.4. The lowest BCUT2D eigenvalue weighted by Crippen LogP contribution is -1.89. The van der Waals surface area contributed by atoms with Crippen LogP contribution >= 0.6 is 0 Å². The second-order valence-electron chi connectivity index (χ2n) is 3.48. The number of carboxylic acid groups (broad SMARTS) is 1. The second-order valence-corrected chi connectivity index (χ2v) is 3.48. The summed E-state index contributed by atoms with van der Waals surface area (Å²) in [5.41, 5.74) is 1.78. The van der Waals surface area contributed by atoms with Crippen LogP contribution in [0.5, 0.6) is 5.75 Å². The summed E-state index contributed by atoms with van der Waals surface area (Å²) in [6.07, 6.45) is 7.62. The van der Waals surface area contributed by atoms with Gasteiger partial charge < -0.3 is 9.84 Å². The van der Waals surface area contributed by atoms with Gasteiger partial charge in [-0.25, -0.2) is 4.79 Å². The molecule has 1 aromatic carbocycles. The summed E-state index contributed by atoms with van der Waals surface area (Å²) in [5.74, 6) is -0.173. The number of allylic oxidation sites excluding steroid dienone is 1. The Bertz CT molecular complexity index is 445. The Labute approximate surface area is 101 Å². The summed E-state index contributed by atoms with van der Waals surface area (Å²) < 4.78 is 5.23. The van der Waals surface area contributed by atoms with Gasteiger partial charge in [0.15, 0.2) is 0 Å². The number of rotatable bonds is 5. The molecule has 0 aliphatic heterocycles. The molecule has 90 valence electrons. The van der Waals surface area contributed by atoms with E-state index in [4.69, 9.17) is 9.84 Å². The fraction of sp³-hybridized carbons (Fsp3) is 0.214. The zero-order valence-electron chi connectivity index (χ0n) is 10.0. The molecule has 0 saturated heterocycles. The SMILES string of the molecule is CC/C=C/c1cc(/C=C/C(=O)O)ccc1OC. The largest absolute Gasteiger partial charge is 0.496 e. The summed E-state index contributed by atoms with van der Waals surface area (Å²) in [7, 11) is 1.62. The summed E-state index contributed by atoms with van der Waals surface area (Å²) in [5, 5.41) is 8.56. The van der Waals surface area contributed by atoms with Gasteiger partial charge in [0.25, 0.3) is 0 Å². The van der Waals surface area contributed by atoms with Crippen molar-refractivity contribution in [1.29, 1.82) is 0 Å². The number of hydrogen-bond donors (Lipinski definition) is 1. The molecule has 3 heteroatoms. The topological polar surface area (TPSA) is 46.5 Å². The lowest BCUT2D eigenvalue weighted by molar-refractivity contribution is -0.131. The number of aliphatic carboxylic acids is 1. The van der Waals surface area contributed by atoms with Crippen LogP contribution in [0.4, 0.5) is 0 Å². The minimum absolute atomic E-state index is 0.780. The molecule has 0 atom stereocenters. The number of methoxy groups -OCH3 is 1. The Hall–Kier alpha value is -2.03. The van der Waals surface area contributed by atoms with Gasteiger partial charge in [-0.2, -0.15) is 0 Å². The van der Waals surface area contributed by atoms with E-state index in [0.29, 0.717) is 0 Å². The Morgan fingerprint density at radius 3 is 2.76 bits per heavy atom. The van der Waals surface area contributed by atoms with Gasteiger partial charge in [-0.3, -0.25) is 0 Å². The van der Waals surface area contributed by atoms with E-state index in [1.165, 1.54) is 0 Å². The van der Waals surface area contributed by atoms with Gasteiger partial charge in [0.1, 0.15) is 5.75 Å². The van der Waals surface area contributed by atoms with Gasteiger partial charge in [0.2, 0.25) is 0 Å². The summed E-state index contributed by atoms with van der Waals surface area (Å²) in [6.45, 7) is 2.05. The fourth-order valence-corrected chi connectivity index (χ4v) is 1.40. The first-order valence-corrected chi connectivity index (χ1v) is 5.43. The van der Waals surface area contributed by atoms with E-state index in [1.807, 2.05) is 30.4 Å². The van der Waals surface area contributed by atoms with Crippen LogP contribution in [0.15, 0.2) is 30.4 Å². The van der Waals surface area contributed by atoms with Gasteiger partial charge in [0, 0.05) is 11.6 Å². The maximum atomic E-state index is 10.4. The molecule has 0 heterocycles. The maximum Gasteiger partial charge on any atom is 0.328 e. The molecule has 0 fully saturated rings. The first-order chi connectivity index (χ1) is 8.17. The van der Waals surface area contributed by atoms with E-state index in [0.717, 1.165) is 29.4 Å². The molecule has 0 aliphatic rings. The van der Waals surface area contributed by atoms with Crippen molar-refractivity contribution in [3.05, 3.63) is 41.5 Å². The number of hydrogen-bond acceptors (Lipinski definition) is 2. The van der Waals surface area contributed by atoms with E-state index in [2.05, 4.69) is 6.92 Å². The number of benzene rings is 1. The Morgan fingerprint density at radius 1 is 1.41 bits per heavy atom. The molecule has 0 unspecified atom stereocenters. The van der Waals surface area contributed by atoms with Crippen molar-refractivity contribution in [3.8, 4) is 5.75 Å². The third kappa shape index (κ3) is 4.15. The third-order valence-electron chi connectivity index (χ3n) is 2.21. The second kappa shape index (κ2) is 6.53. The van der Waals surface area contributed by atoms with Gasteiger partial charge in [-0.05, 0) is 30.2 Å². The highest BCUT2D eigenvalue weighted by atomic mass is 16.5. The average Bonchev–Trinajstić information content (AvgIpc) is 2.33. The molecule has 0 radical (unpaired) electrons. The number of ether oxygens (including phenoxy) is 1. The van der Waals surface area contributed by atoms with Gasteiger partial charge in [-0.1, -0.05) is 25.1 Å². The molecule has 0 aliphatic carbocycles. The minimum atomic E-state index is -0.952. The molecule has 0 amide bonds. The van der Waals surface area contributed by atoms with Crippen molar-refractivity contribution >= 4 is 18.1 Å². The van der Waals surface area contributed by atoms with Crippen LogP contribution in [-0.4, -0.2) is 18.2 Å². The normalized spacial score (nSPS) is 11.2. The lowest BCUT2D eigenvalue weighted by Gasteiger charge is -2.05. The van der Waals surface area contributed by atoms with Crippen molar-refractivity contribution in [2.75, 3.05) is 7.11 Å². The fourth-order valence-electron chi connectivity index (χ4n) is 1.40. The standard InChI is InChI=1S/C14H16O3/c1-3-4-5-12-10-11(7-9-14(15)16)6-8-13(12)17-2/h4-10H,3H2,1-2H3,(H,15,16)/b5-4+,9-7+. The molecule has 1 rings (SSSR count). The number of carboxylic acids is 1. The molecule has 0 bridgehead atoms. The molecule has 3 nitrogen and oxygen atoms in total.